The van der Waals surface area contributed by atoms with Gasteiger partial charge in [0.15, 0.2) is 0 Å². The van der Waals surface area contributed by atoms with Crippen LogP contribution in [0.1, 0.15) is 46.3 Å². The van der Waals surface area contributed by atoms with Gasteiger partial charge < -0.3 is 9.88 Å². The van der Waals surface area contributed by atoms with E-state index in [1.807, 2.05) is 16.7 Å². The van der Waals surface area contributed by atoms with Crippen LogP contribution in [0.3, 0.4) is 0 Å². The molecule has 3 heterocycles. The number of amides is 1. The number of halogens is 3. The fourth-order valence-corrected chi connectivity index (χ4v) is 3.27. The topological polar surface area (TPSA) is 59.8 Å². The second-order valence-corrected chi connectivity index (χ2v) is 7.52. The van der Waals surface area contributed by atoms with Gasteiger partial charge in [0.05, 0.1) is 17.3 Å². The standard InChI is InChI=1S/C25H19F3N4O/c1-17-4-2-7-23-30-16-22(32(23)11-10-17)9-8-18-12-19(15-29-14-18)24(33)31-21-6-3-5-20(13-21)25(26,27)28/h2-7,12-16H,10-11H2,1H3,(H,31,33). The predicted molar refractivity (Wildman–Crippen MR) is 119 cm³/mol. The average Bonchev–Trinajstić information content (AvgIpc) is 3.15. The van der Waals surface area contributed by atoms with Crippen molar-refractivity contribution in [3.63, 3.8) is 0 Å². The Bertz CT molecular complexity index is 1320. The number of aromatic nitrogens is 3. The molecule has 0 fully saturated rings. The Balaban J connectivity index is 1.52. The number of hydrogen-bond donors (Lipinski definition) is 1. The molecule has 0 radical (unpaired) electrons. The van der Waals surface area contributed by atoms with Crippen molar-refractivity contribution < 1.29 is 18.0 Å². The summed E-state index contributed by atoms with van der Waals surface area (Å²) < 4.78 is 40.7. The van der Waals surface area contributed by atoms with Crippen LogP contribution in [0.2, 0.25) is 0 Å². The number of fused-ring (bicyclic) bond motifs is 1. The van der Waals surface area contributed by atoms with Crippen molar-refractivity contribution in [2.45, 2.75) is 26.1 Å². The SMILES string of the molecule is CC1=CC=Cc2ncc(C#Cc3cncc(C(=O)Nc4cccc(C(F)(F)F)c4)c3)n2CC1. The molecule has 166 valence electrons. The van der Waals surface area contributed by atoms with Gasteiger partial charge in [0, 0.05) is 30.2 Å². The molecule has 5 nitrogen and oxygen atoms in total. The molecule has 0 saturated carbocycles. The van der Waals surface area contributed by atoms with Gasteiger partial charge in [0.25, 0.3) is 5.91 Å². The highest BCUT2D eigenvalue weighted by Crippen LogP contribution is 2.30. The number of carbonyl (C=O) groups excluding carboxylic acids is 1. The second kappa shape index (κ2) is 9.17. The van der Waals surface area contributed by atoms with E-state index in [-0.39, 0.29) is 11.3 Å². The first-order valence-electron chi connectivity index (χ1n) is 10.1. The minimum absolute atomic E-state index is 0.0431. The van der Waals surface area contributed by atoms with Crippen LogP contribution in [0.15, 0.2) is 66.6 Å². The highest BCUT2D eigenvalue weighted by Gasteiger charge is 2.30. The number of anilines is 1. The van der Waals surface area contributed by atoms with E-state index in [1.165, 1.54) is 30.1 Å². The van der Waals surface area contributed by atoms with E-state index in [0.717, 1.165) is 36.6 Å². The third kappa shape index (κ3) is 5.39. The summed E-state index contributed by atoms with van der Waals surface area (Å²) in [5.41, 5.74) is 1.89. The zero-order valence-electron chi connectivity index (χ0n) is 17.6. The first-order chi connectivity index (χ1) is 15.8. The van der Waals surface area contributed by atoms with E-state index >= 15 is 0 Å². The number of allylic oxidation sites excluding steroid dienone is 3. The van der Waals surface area contributed by atoms with Gasteiger partial charge in [-0.3, -0.25) is 9.78 Å². The van der Waals surface area contributed by atoms with Crippen molar-refractivity contribution in [2.75, 3.05) is 5.32 Å². The van der Waals surface area contributed by atoms with Gasteiger partial charge in [0.1, 0.15) is 11.5 Å². The Hall–Kier alpha value is -4.12. The van der Waals surface area contributed by atoms with E-state index in [4.69, 9.17) is 0 Å². The lowest BCUT2D eigenvalue weighted by atomic mass is 10.1. The van der Waals surface area contributed by atoms with Crippen molar-refractivity contribution in [3.8, 4) is 11.8 Å². The van der Waals surface area contributed by atoms with E-state index < -0.39 is 17.6 Å². The fraction of sp³-hybridized carbons (Fsp3) is 0.160. The summed E-state index contributed by atoms with van der Waals surface area (Å²) in [6.07, 6.45) is 6.89. The van der Waals surface area contributed by atoms with Crippen LogP contribution < -0.4 is 5.32 Å². The van der Waals surface area contributed by atoms with Gasteiger partial charge in [0.2, 0.25) is 0 Å². The molecule has 0 unspecified atom stereocenters. The number of benzene rings is 1. The van der Waals surface area contributed by atoms with E-state index in [1.54, 1.807) is 12.3 Å². The van der Waals surface area contributed by atoms with Crippen LogP contribution in [0.5, 0.6) is 0 Å². The third-order valence-electron chi connectivity index (χ3n) is 5.03. The van der Waals surface area contributed by atoms with E-state index in [9.17, 15) is 18.0 Å². The molecule has 0 aliphatic carbocycles. The maximum atomic E-state index is 12.9. The first-order valence-corrected chi connectivity index (χ1v) is 10.1. The summed E-state index contributed by atoms with van der Waals surface area (Å²) >= 11 is 0. The largest absolute Gasteiger partial charge is 0.416 e. The summed E-state index contributed by atoms with van der Waals surface area (Å²) in [7, 11) is 0. The zero-order chi connectivity index (χ0) is 23.4. The summed E-state index contributed by atoms with van der Waals surface area (Å²) in [4.78, 5) is 21.0. The van der Waals surface area contributed by atoms with Gasteiger partial charge in [-0.1, -0.05) is 29.7 Å². The molecule has 33 heavy (non-hydrogen) atoms. The number of hydrogen-bond acceptors (Lipinski definition) is 3. The molecular formula is C25H19F3N4O. The van der Waals surface area contributed by atoms with Crippen LogP contribution in [-0.2, 0) is 12.7 Å². The Labute approximate surface area is 188 Å². The quantitative estimate of drug-likeness (QED) is 0.541. The summed E-state index contributed by atoms with van der Waals surface area (Å²) in [6.45, 7) is 2.82. The molecule has 0 atom stereocenters. The number of imidazole rings is 1. The second-order valence-electron chi connectivity index (χ2n) is 7.52. The van der Waals surface area contributed by atoms with Crippen molar-refractivity contribution in [2.24, 2.45) is 0 Å². The maximum Gasteiger partial charge on any atom is 0.416 e. The predicted octanol–water partition coefficient (Wildman–Crippen LogP) is 5.31. The molecular weight excluding hydrogens is 429 g/mol. The summed E-state index contributed by atoms with van der Waals surface area (Å²) in [5, 5.41) is 2.47. The molecule has 4 rings (SSSR count). The molecule has 0 saturated heterocycles. The van der Waals surface area contributed by atoms with Gasteiger partial charge >= 0.3 is 6.18 Å². The van der Waals surface area contributed by atoms with Crippen LogP contribution in [0, 0.1) is 11.8 Å². The minimum Gasteiger partial charge on any atom is -0.322 e. The molecule has 8 heteroatoms. The Morgan fingerprint density at radius 3 is 2.82 bits per heavy atom. The molecule has 1 aliphatic rings. The molecule has 1 aromatic carbocycles. The van der Waals surface area contributed by atoms with Crippen LogP contribution in [0.4, 0.5) is 18.9 Å². The monoisotopic (exact) mass is 448 g/mol. The summed E-state index contributed by atoms with van der Waals surface area (Å²) in [5.74, 6) is 6.30. The van der Waals surface area contributed by atoms with Crippen molar-refractivity contribution >= 4 is 17.7 Å². The van der Waals surface area contributed by atoms with Crippen molar-refractivity contribution in [3.05, 3.63) is 94.9 Å². The number of nitrogens with zero attached hydrogens (tertiary/aromatic N) is 3. The molecule has 0 bridgehead atoms. The molecule has 2 aromatic heterocycles. The van der Waals surface area contributed by atoms with Crippen molar-refractivity contribution in [1.82, 2.24) is 14.5 Å². The van der Waals surface area contributed by atoms with Crippen LogP contribution in [0.25, 0.3) is 6.08 Å². The smallest absolute Gasteiger partial charge is 0.322 e. The van der Waals surface area contributed by atoms with Crippen LogP contribution in [-0.4, -0.2) is 20.4 Å². The van der Waals surface area contributed by atoms with Gasteiger partial charge in [-0.15, -0.1) is 0 Å². The normalized spacial score (nSPS) is 13.2. The van der Waals surface area contributed by atoms with Crippen LogP contribution >= 0.6 is 0 Å². The lowest BCUT2D eigenvalue weighted by molar-refractivity contribution is -0.137. The van der Waals surface area contributed by atoms with Gasteiger partial charge in [-0.25, -0.2) is 4.98 Å². The highest BCUT2D eigenvalue weighted by atomic mass is 19.4. The number of rotatable bonds is 2. The molecule has 0 spiro atoms. The number of nitrogens with one attached hydrogen (secondary N) is 1. The Morgan fingerprint density at radius 2 is 2.00 bits per heavy atom. The molecule has 1 aliphatic heterocycles. The number of pyridine rings is 1. The third-order valence-corrected chi connectivity index (χ3v) is 5.03. The molecule has 1 N–H and O–H groups in total. The highest BCUT2D eigenvalue weighted by molar-refractivity contribution is 6.04. The van der Waals surface area contributed by atoms with E-state index in [0.29, 0.717) is 5.56 Å². The first kappa shape index (κ1) is 22.1. The molecule has 1 amide bonds. The van der Waals surface area contributed by atoms with E-state index in [2.05, 4.69) is 40.1 Å². The summed E-state index contributed by atoms with van der Waals surface area (Å²) in [6, 6.07) is 6.00. The fourth-order valence-electron chi connectivity index (χ4n) is 3.27. The Morgan fingerprint density at radius 1 is 1.15 bits per heavy atom. The van der Waals surface area contributed by atoms with Gasteiger partial charge in [-0.05, 0) is 49.6 Å². The molecule has 3 aromatic rings. The average molecular weight is 448 g/mol. The minimum atomic E-state index is -4.49. The zero-order valence-corrected chi connectivity index (χ0v) is 17.6. The Kier molecular flexibility index (Phi) is 6.13. The lowest BCUT2D eigenvalue weighted by Crippen LogP contribution is -2.13. The maximum absolute atomic E-state index is 12.9. The lowest BCUT2D eigenvalue weighted by Gasteiger charge is -2.10. The number of carbonyl (C=O) groups is 1. The number of alkyl halides is 3. The van der Waals surface area contributed by atoms with Gasteiger partial charge in [-0.2, -0.15) is 13.2 Å². The van der Waals surface area contributed by atoms with Crippen molar-refractivity contribution in [1.29, 1.82) is 0 Å².